The van der Waals surface area contributed by atoms with Crippen molar-refractivity contribution in [1.29, 1.82) is 0 Å². The van der Waals surface area contributed by atoms with Crippen LogP contribution in [-0.4, -0.2) is 37.8 Å². The number of hydrogen-bond acceptors (Lipinski definition) is 3. The minimum Gasteiger partial charge on any atom is -0.305 e. The highest BCUT2D eigenvalue weighted by molar-refractivity contribution is 7.89. The van der Waals surface area contributed by atoms with Crippen LogP contribution in [0.4, 0.5) is 5.69 Å². The molecule has 0 saturated carbocycles. The third-order valence-corrected chi connectivity index (χ3v) is 7.21. The number of rotatable bonds is 5. The molecule has 2 aromatic rings. The van der Waals surface area contributed by atoms with E-state index in [9.17, 15) is 13.2 Å². The molecule has 0 N–H and O–H groups in total. The van der Waals surface area contributed by atoms with Crippen molar-refractivity contribution in [3.05, 3.63) is 59.7 Å². The third-order valence-electron chi connectivity index (χ3n) is 5.17. The van der Waals surface area contributed by atoms with Gasteiger partial charge in [-0.3, -0.25) is 4.79 Å². The fraction of sp³-hybridized carbons (Fsp3) is 0.381. The summed E-state index contributed by atoms with van der Waals surface area (Å²) >= 11 is 0. The topological polar surface area (TPSA) is 57.7 Å². The van der Waals surface area contributed by atoms with Crippen LogP contribution in [0.5, 0.6) is 0 Å². The van der Waals surface area contributed by atoms with E-state index < -0.39 is 10.0 Å². The van der Waals surface area contributed by atoms with Crippen molar-refractivity contribution in [1.82, 2.24) is 4.31 Å². The van der Waals surface area contributed by atoms with E-state index in [4.69, 9.17) is 0 Å². The summed E-state index contributed by atoms with van der Waals surface area (Å²) in [6.45, 7) is 6.44. The Bertz CT molecular complexity index is 936. The molecular weight excluding hydrogens is 360 g/mol. The van der Waals surface area contributed by atoms with Crippen LogP contribution in [0.1, 0.15) is 43.1 Å². The maximum Gasteiger partial charge on any atom is 0.258 e. The van der Waals surface area contributed by atoms with E-state index in [0.29, 0.717) is 18.7 Å². The molecule has 5 nitrogen and oxygen atoms in total. The number of anilines is 1. The first-order valence-corrected chi connectivity index (χ1v) is 10.9. The van der Waals surface area contributed by atoms with Crippen LogP contribution in [0.15, 0.2) is 53.4 Å². The van der Waals surface area contributed by atoms with Crippen LogP contribution in [0.3, 0.4) is 0 Å². The van der Waals surface area contributed by atoms with Crippen molar-refractivity contribution in [3.8, 4) is 0 Å². The van der Waals surface area contributed by atoms with E-state index in [1.165, 1.54) is 10.4 Å². The highest BCUT2D eigenvalue weighted by atomic mass is 32.2. The monoisotopic (exact) mass is 386 g/mol. The number of benzene rings is 2. The zero-order valence-electron chi connectivity index (χ0n) is 16.1. The lowest BCUT2D eigenvalue weighted by atomic mass is 9.96. The summed E-state index contributed by atoms with van der Waals surface area (Å²) in [5, 5.41) is 0. The first-order valence-electron chi connectivity index (χ1n) is 9.41. The average Bonchev–Trinajstić information content (AvgIpc) is 2.68. The second-order valence-electron chi connectivity index (χ2n) is 6.81. The number of hydrogen-bond donors (Lipinski definition) is 0. The Morgan fingerprint density at radius 1 is 1.11 bits per heavy atom. The number of para-hydroxylation sites is 1. The fourth-order valence-electron chi connectivity index (χ4n) is 3.64. The molecule has 0 spiro atoms. The average molecular weight is 387 g/mol. The molecule has 6 heteroatoms. The predicted molar refractivity (Wildman–Crippen MR) is 108 cm³/mol. The molecule has 0 aromatic heterocycles. The van der Waals surface area contributed by atoms with Crippen LogP contribution in [0.25, 0.3) is 0 Å². The summed E-state index contributed by atoms with van der Waals surface area (Å²) in [5.74, 6) is -0.161. The smallest absolute Gasteiger partial charge is 0.258 e. The number of aryl methyl sites for hydroxylation is 1. The molecule has 0 bridgehead atoms. The number of fused-ring (bicyclic) bond motifs is 1. The van der Waals surface area contributed by atoms with Crippen molar-refractivity contribution >= 4 is 21.6 Å². The van der Waals surface area contributed by atoms with E-state index >= 15 is 0 Å². The molecule has 1 aliphatic rings. The highest BCUT2D eigenvalue weighted by Gasteiger charge is 2.30. The van der Waals surface area contributed by atoms with Crippen molar-refractivity contribution in [3.63, 3.8) is 0 Å². The summed E-state index contributed by atoms with van der Waals surface area (Å²) in [6.07, 6.45) is 1.83. The van der Waals surface area contributed by atoms with Gasteiger partial charge >= 0.3 is 0 Å². The van der Waals surface area contributed by atoms with Gasteiger partial charge in [-0.15, -0.1) is 0 Å². The lowest BCUT2D eigenvalue weighted by molar-refractivity contribution is 0.0975. The maximum absolute atomic E-state index is 13.3. The molecule has 1 amide bonds. The van der Waals surface area contributed by atoms with Crippen LogP contribution in [-0.2, 0) is 16.4 Å². The molecule has 0 fully saturated rings. The van der Waals surface area contributed by atoms with Gasteiger partial charge in [0.2, 0.25) is 10.0 Å². The van der Waals surface area contributed by atoms with E-state index in [-0.39, 0.29) is 16.8 Å². The zero-order chi connectivity index (χ0) is 19.6. The van der Waals surface area contributed by atoms with Crippen molar-refractivity contribution < 1.29 is 13.2 Å². The molecular formula is C21H26N2O3S. The molecule has 1 aliphatic heterocycles. The van der Waals surface area contributed by atoms with Gasteiger partial charge in [-0.2, -0.15) is 4.31 Å². The maximum atomic E-state index is 13.3. The minimum absolute atomic E-state index is 0.0652. The first kappa shape index (κ1) is 19.6. The summed E-state index contributed by atoms with van der Waals surface area (Å²) in [4.78, 5) is 15.2. The zero-order valence-corrected chi connectivity index (χ0v) is 16.9. The Balaban J connectivity index is 2.00. The van der Waals surface area contributed by atoms with Gasteiger partial charge in [0.15, 0.2) is 0 Å². The summed E-state index contributed by atoms with van der Waals surface area (Å²) in [5.41, 5.74) is 2.46. The Kier molecular flexibility index (Phi) is 5.67. The summed E-state index contributed by atoms with van der Waals surface area (Å²) < 4.78 is 27.0. The van der Waals surface area contributed by atoms with Gasteiger partial charge < -0.3 is 4.90 Å². The van der Waals surface area contributed by atoms with Gasteiger partial charge in [-0.05, 0) is 49.6 Å². The molecule has 2 aromatic carbocycles. The van der Waals surface area contributed by atoms with Crippen LogP contribution in [0, 0.1) is 0 Å². The highest BCUT2D eigenvalue weighted by Crippen LogP contribution is 2.32. The number of carbonyl (C=O) groups excluding carboxylic acids is 1. The van der Waals surface area contributed by atoms with Crippen molar-refractivity contribution in [2.45, 2.75) is 44.6 Å². The fourth-order valence-corrected chi connectivity index (χ4v) is 5.14. The molecule has 1 unspecified atom stereocenters. The molecule has 0 radical (unpaired) electrons. The van der Waals surface area contributed by atoms with Crippen molar-refractivity contribution in [2.24, 2.45) is 0 Å². The Hall–Kier alpha value is -2.18. The molecule has 27 heavy (non-hydrogen) atoms. The van der Waals surface area contributed by atoms with Crippen LogP contribution >= 0.6 is 0 Å². The van der Waals surface area contributed by atoms with Gasteiger partial charge in [0.25, 0.3) is 5.91 Å². The van der Waals surface area contributed by atoms with Gasteiger partial charge in [0.1, 0.15) is 0 Å². The quantitative estimate of drug-likeness (QED) is 0.787. The standard InChI is InChI=1S/C21H26N2O3S/c1-4-22(5-2)27(25,26)19-11-8-10-18(15-19)21(24)23-16(3)13-14-17-9-6-7-12-20(17)23/h6-12,15-16H,4-5,13-14H2,1-3H3. The largest absolute Gasteiger partial charge is 0.305 e. The second kappa shape index (κ2) is 7.82. The second-order valence-corrected chi connectivity index (χ2v) is 8.75. The normalized spacial score (nSPS) is 17.0. The van der Waals surface area contributed by atoms with Gasteiger partial charge in [-0.25, -0.2) is 8.42 Å². The first-order chi connectivity index (χ1) is 12.9. The lowest BCUT2D eigenvalue weighted by Gasteiger charge is -2.35. The summed E-state index contributed by atoms with van der Waals surface area (Å²) in [6, 6.07) is 14.4. The molecule has 1 atom stereocenters. The number of sulfonamides is 1. The molecule has 0 aliphatic carbocycles. The van der Waals surface area contributed by atoms with Gasteiger partial charge in [-0.1, -0.05) is 38.1 Å². The Morgan fingerprint density at radius 2 is 1.81 bits per heavy atom. The summed E-state index contributed by atoms with van der Waals surface area (Å²) in [7, 11) is -3.60. The number of nitrogens with zero attached hydrogens (tertiary/aromatic N) is 2. The van der Waals surface area contributed by atoms with E-state index in [2.05, 4.69) is 0 Å². The molecule has 144 valence electrons. The van der Waals surface area contributed by atoms with Crippen LogP contribution in [0.2, 0.25) is 0 Å². The Labute approximate surface area is 161 Å². The van der Waals surface area contributed by atoms with E-state index in [0.717, 1.165) is 24.1 Å². The van der Waals surface area contributed by atoms with E-state index in [1.807, 2.05) is 45.0 Å². The molecule has 1 heterocycles. The Morgan fingerprint density at radius 3 is 2.52 bits per heavy atom. The molecule has 3 rings (SSSR count). The number of carbonyl (C=O) groups is 1. The third kappa shape index (κ3) is 3.64. The van der Waals surface area contributed by atoms with Crippen molar-refractivity contribution in [2.75, 3.05) is 18.0 Å². The SMILES string of the molecule is CCN(CC)S(=O)(=O)c1cccc(C(=O)N2c3ccccc3CCC2C)c1. The van der Waals surface area contributed by atoms with Gasteiger partial charge in [0, 0.05) is 30.4 Å². The minimum atomic E-state index is -3.60. The van der Waals surface area contributed by atoms with E-state index in [1.54, 1.807) is 23.1 Å². The molecule has 0 saturated heterocycles. The van der Waals surface area contributed by atoms with Gasteiger partial charge in [0.05, 0.1) is 4.90 Å². The number of amides is 1. The van der Waals surface area contributed by atoms with Crippen LogP contribution < -0.4 is 4.90 Å². The lowest BCUT2D eigenvalue weighted by Crippen LogP contribution is -2.42. The predicted octanol–water partition coefficient (Wildman–Crippen LogP) is 3.70.